The van der Waals surface area contributed by atoms with Gasteiger partial charge in [0.1, 0.15) is 0 Å². The van der Waals surface area contributed by atoms with Crippen LogP contribution in [0.5, 0.6) is 0 Å². The van der Waals surface area contributed by atoms with E-state index in [4.69, 9.17) is 0 Å². The summed E-state index contributed by atoms with van der Waals surface area (Å²) < 4.78 is 0. The van der Waals surface area contributed by atoms with Crippen LogP contribution >= 0.6 is 23.1 Å². The molecule has 0 atom stereocenters. The molecule has 2 amide bonds. The molecule has 120 valence electrons. The lowest BCUT2D eigenvalue weighted by Crippen LogP contribution is -2.13. The molecule has 2 aromatic rings. The summed E-state index contributed by atoms with van der Waals surface area (Å²) in [6.07, 6.45) is 3.28. The summed E-state index contributed by atoms with van der Waals surface area (Å²) in [5.74, 6) is 0.192. The fraction of sp³-hybridized carbons (Fsp3) is 0.312. The Morgan fingerprint density at radius 3 is 2.70 bits per heavy atom. The number of thioether (sulfide) groups is 1. The van der Waals surface area contributed by atoms with Crippen molar-refractivity contribution in [3.63, 3.8) is 0 Å². The number of fused-ring (bicyclic) bond motifs is 1. The van der Waals surface area contributed by atoms with Gasteiger partial charge < -0.3 is 10.6 Å². The highest BCUT2D eigenvalue weighted by Gasteiger charge is 2.17. The van der Waals surface area contributed by atoms with Gasteiger partial charge >= 0.3 is 0 Å². The molecule has 2 N–H and O–H groups in total. The Balaban J connectivity index is 1.49. The van der Waals surface area contributed by atoms with Gasteiger partial charge in [-0.1, -0.05) is 0 Å². The largest absolute Gasteiger partial charge is 0.326 e. The zero-order chi connectivity index (χ0) is 16.2. The lowest BCUT2D eigenvalue weighted by atomic mass is 10.3. The van der Waals surface area contributed by atoms with E-state index < -0.39 is 0 Å². The number of nitrogens with one attached hydrogen (secondary N) is 2. The third-order valence-corrected chi connectivity index (χ3v) is 5.47. The fourth-order valence-electron chi connectivity index (χ4n) is 2.39. The van der Waals surface area contributed by atoms with E-state index in [1.807, 2.05) is 24.3 Å². The van der Waals surface area contributed by atoms with Crippen molar-refractivity contribution in [3.8, 4) is 0 Å². The average Bonchev–Trinajstić information content (AvgIpc) is 3.07. The molecule has 23 heavy (non-hydrogen) atoms. The number of anilines is 2. The zero-order valence-corrected chi connectivity index (χ0v) is 14.4. The molecule has 0 saturated heterocycles. The van der Waals surface area contributed by atoms with Crippen LogP contribution in [0.1, 0.15) is 23.9 Å². The molecule has 5 nitrogen and oxygen atoms in total. The van der Waals surface area contributed by atoms with Crippen molar-refractivity contribution in [2.75, 3.05) is 16.4 Å². The highest BCUT2D eigenvalue weighted by Crippen LogP contribution is 2.30. The zero-order valence-electron chi connectivity index (χ0n) is 12.7. The van der Waals surface area contributed by atoms with Crippen LogP contribution in [0.4, 0.5) is 10.8 Å². The molecule has 1 aromatic heterocycles. The number of carbonyl (C=O) groups excluding carboxylic acids is 2. The molecule has 3 rings (SSSR count). The Morgan fingerprint density at radius 1 is 1.22 bits per heavy atom. The topological polar surface area (TPSA) is 71.1 Å². The number of thiazole rings is 1. The van der Waals surface area contributed by atoms with E-state index in [9.17, 15) is 9.59 Å². The number of carbonyl (C=O) groups is 2. The number of aromatic nitrogens is 1. The van der Waals surface area contributed by atoms with Crippen molar-refractivity contribution in [2.24, 2.45) is 0 Å². The molecule has 1 aliphatic rings. The van der Waals surface area contributed by atoms with Crippen molar-refractivity contribution in [1.82, 2.24) is 4.98 Å². The van der Waals surface area contributed by atoms with Gasteiger partial charge in [-0.25, -0.2) is 4.98 Å². The maximum atomic E-state index is 12.0. The van der Waals surface area contributed by atoms with Crippen LogP contribution in [0.25, 0.3) is 0 Å². The molecule has 1 aromatic carbocycles. The molecular formula is C16H17N3O2S2. The number of benzene rings is 1. The second kappa shape index (κ2) is 7.14. The average molecular weight is 347 g/mol. The molecule has 0 bridgehead atoms. The van der Waals surface area contributed by atoms with Crippen LogP contribution in [0, 0.1) is 0 Å². The van der Waals surface area contributed by atoms with E-state index in [-0.39, 0.29) is 11.8 Å². The molecular weight excluding hydrogens is 330 g/mol. The second-order valence-corrected chi connectivity index (χ2v) is 7.42. The molecule has 0 spiro atoms. The van der Waals surface area contributed by atoms with E-state index in [2.05, 4.69) is 15.6 Å². The Hall–Kier alpha value is -1.86. The fourth-order valence-corrected chi connectivity index (χ4v) is 4.15. The Morgan fingerprint density at radius 2 is 2.00 bits per heavy atom. The molecule has 0 radical (unpaired) electrons. The highest BCUT2D eigenvalue weighted by molar-refractivity contribution is 8.00. The van der Waals surface area contributed by atoms with Crippen LogP contribution in [-0.2, 0) is 22.4 Å². The van der Waals surface area contributed by atoms with E-state index in [1.54, 1.807) is 11.3 Å². The predicted molar refractivity (Wildman–Crippen MR) is 94.2 cm³/mol. The minimum atomic E-state index is -0.0971. The van der Waals surface area contributed by atoms with E-state index >= 15 is 0 Å². The number of nitrogens with zero attached hydrogens (tertiary/aromatic N) is 1. The van der Waals surface area contributed by atoms with Gasteiger partial charge in [-0.2, -0.15) is 0 Å². The summed E-state index contributed by atoms with van der Waals surface area (Å²) in [5, 5.41) is 6.29. The van der Waals surface area contributed by atoms with Gasteiger partial charge in [0.05, 0.1) is 11.4 Å². The number of hydrogen-bond acceptors (Lipinski definition) is 5. The first-order valence-electron chi connectivity index (χ1n) is 7.39. The molecule has 7 heteroatoms. The monoisotopic (exact) mass is 347 g/mol. The summed E-state index contributed by atoms with van der Waals surface area (Å²) in [4.78, 5) is 29.7. The highest BCUT2D eigenvalue weighted by atomic mass is 32.2. The van der Waals surface area contributed by atoms with Crippen molar-refractivity contribution in [2.45, 2.75) is 31.1 Å². The smallest absolute Gasteiger partial charge is 0.236 e. The van der Waals surface area contributed by atoms with Crippen molar-refractivity contribution in [1.29, 1.82) is 0 Å². The maximum absolute atomic E-state index is 12.0. The van der Waals surface area contributed by atoms with Crippen LogP contribution in [0.3, 0.4) is 0 Å². The Kier molecular flexibility index (Phi) is 4.97. The first kappa shape index (κ1) is 16.0. The molecule has 0 aliphatic heterocycles. The van der Waals surface area contributed by atoms with Gasteiger partial charge in [-0.05, 0) is 43.5 Å². The standard InChI is InChI=1S/C16H17N3O2S2/c1-10(20)17-11-5-7-12(8-6-11)22-9-15(21)19-16-18-13-3-2-4-14(13)23-16/h5-8H,2-4,9H2,1H3,(H,17,20)(H,18,19,21). The van der Waals surface area contributed by atoms with Crippen molar-refractivity contribution >= 4 is 45.7 Å². The van der Waals surface area contributed by atoms with E-state index in [0.29, 0.717) is 10.9 Å². The number of amides is 2. The van der Waals surface area contributed by atoms with Crippen LogP contribution in [-0.4, -0.2) is 22.6 Å². The van der Waals surface area contributed by atoms with Crippen molar-refractivity contribution < 1.29 is 9.59 Å². The molecule has 1 heterocycles. The van der Waals surface area contributed by atoms with E-state index in [0.717, 1.165) is 29.1 Å². The molecule has 0 fully saturated rings. The van der Waals surface area contributed by atoms with E-state index in [1.165, 1.54) is 30.0 Å². The van der Waals surface area contributed by atoms with Crippen molar-refractivity contribution in [3.05, 3.63) is 34.8 Å². The molecule has 0 saturated carbocycles. The molecule has 1 aliphatic carbocycles. The third-order valence-electron chi connectivity index (χ3n) is 3.39. The van der Waals surface area contributed by atoms with Crippen LogP contribution in [0.15, 0.2) is 29.2 Å². The normalized spacial score (nSPS) is 12.7. The number of rotatable bonds is 5. The first-order chi connectivity index (χ1) is 11.1. The second-order valence-electron chi connectivity index (χ2n) is 5.28. The SMILES string of the molecule is CC(=O)Nc1ccc(SCC(=O)Nc2nc3c(s2)CCC3)cc1. The van der Waals surface area contributed by atoms with Crippen LogP contribution in [0.2, 0.25) is 0 Å². The predicted octanol–water partition coefficient (Wildman–Crippen LogP) is 3.32. The minimum Gasteiger partial charge on any atom is -0.326 e. The number of aryl methyl sites for hydroxylation is 2. The summed E-state index contributed by atoms with van der Waals surface area (Å²) in [7, 11) is 0. The Labute approximate surface area is 142 Å². The van der Waals surface area contributed by atoms with Gasteiger partial charge in [-0.15, -0.1) is 23.1 Å². The van der Waals surface area contributed by atoms with Gasteiger partial charge in [0, 0.05) is 22.4 Å². The summed E-state index contributed by atoms with van der Waals surface area (Å²) in [5.41, 5.74) is 1.90. The van der Waals surface area contributed by atoms with Gasteiger partial charge in [0.2, 0.25) is 11.8 Å². The summed E-state index contributed by atoms with van der Waals surface area (Å²) in [6, 6.07) is 7.43. The van der Waals surface area contributed by atoms with Gasteiger partial charge in [-0.3, -0.25) is 9.59 Å². The lowest BCUT2D eigenvalue weighted by Gasteiger charge is -2.05. The minimum absolute atomic E-state index is 0.0478. The quantitative estimate of drug-likeness (QED) is 0.814. The van der Waals surface area contributed by atoms with Gasteiger partial charge in [0.25, 0.3) is 0 Å². The Bertz CT molecular complexity index is 704. The maximum Gasteiger partial charge on any atom is 0.236 e. The summed E-state index contributed by atoms with van der Waals surface area (Å²) >= 11 is 3.05. The number of hydrogen-bond donors (Lipinski definition) is 2. The van der Waals surface area contributed by atoms with Gasteiger partial charge in [0.15, 0.2) is 5.13 Å². The molecule has 0 unspecified atom stereocenters. The third kappa shape index (κ3) is 4.33. The summed E-state index contributed by atoms with van der Waals surface area (Å²) in [6.45, 7) is 1.47. The lowest BCUT2D eigenvalue weighted by molar-refractivity contribution is -0.114. The first-order valence-corrected chi connectivity index (χ1v) is 9.19. The van der Waals surface area contributed by atoms with Crippen LogP contribution < -0.4 is 10.6 Å².